The number of carbonyl (C=O) groups excluding carboxylic acids is 1. The number of rotatable bonds is 5. The van der Waals surface area contributed by atoms with Crippen LogP contribution in [0.25, 0.3) is 6.08 Å². The smallest absolute Gasteiger partial charge is 0.193 e. The standard InChI is InChI=1S/C17H17NO4/c1-11-4-5-12(18-10-11)6-7-14(19)17-15(20)8-13(21-2)9-16(17)22-3/h4-10,20H,1-3H3/b7-6+. The second-order valence-electron chi connectivity index (χ2n) is 4.68. The summed E-state index contributed by atoms with van der Waals surface area (Å²) in [5.74, 6) is 0.0977. The molecule has 0 fully saturated rings. The Morgan fingerprint density at radius 2 is 2.00 bits per heavy atom. The van der Waals surface area contributed by atoms with Crippen molar-refractivity contribution in [1.82, 2.24) is 4.98 Å². The van der Waals surface area contributed by atoms with Gasteiger partial charge in [-0.25, -0.2) is 0 Å². The fraction of sp³-hybridized carbons (Fsp3) is 0.176. The maximum absolute atomic E-state index is 12.3. The SMILES string of the molecule is COc1cc(O)c(C(=O)/C=C/c2ccc(C)cn2)c(OC)c1. The summed E-state index contributed by atoms with van der Waals surface area (Å²) in [6, 6.07) is 6.63. The van der Waals surface area contributed by atoms with E-state index >= 15 is 0 Å². The number of benzene rings is 1. The van der Waals surface area contributed by atoms with E-state index in [0.29, 0.717) is 11.4 Å². The first-order valence-corrected chi connectivity index (χ1v) is 6.65. The Labute approximate surface area is 128 Å². The fourth-order valence-corrected chi connectivity index (χ4v) is 1.92. The second-order valence-corrected chi connectivity index (χ2v) is 4.68. The van der Waals surface area contributed by atoms with E-state index in [2.05, 4.69) is 4.98 Å². The van der Waals surface area contributed by atoms with Crippen molar-refractivity contribution < 1.29 is 19.4 Å². The molecule has 0 aliphatic carbocycles. The van der Waals surface area contributed by atoms with Gasteiger partial charge < -0.3 is 14.6 Å². The Balaban J connectivity index is 2.31. The van der Waals surface area contributed by atoms with Crippen LogP contribution < -0.4 is 9.47 Å². The minimum absolute atomic E-state index is 0.0895. The minimum atomic E-state index is -0.376. The summed E-state index contributed by atoms with van der Waals surface area (Å²) in [7, 11) is 2.90. The number of phenols is 1. The molecule has 0 unspecified atom stereocenters. The zero-order valence-corrected chi connectivity index (χ0v) is 12.7. The normalized spacial score (nSPS) is 10.7. The molecule has 5 heteroatoms. The van der Waals surface area contributed by atoms with E-state index in [-0.39, 0.29) is 22.8 Å². The monoisotopic (exact) mass is 299 g/mol. The van der Waals surface area contributed by atoms with Crippen molar-refractivity contribution in [2.45, 2.75) is 6.92 Å². The van der Waals surface area contributed by atoms with Crippen molar-refractivity contribution in [2.75, 3.05) is 14.2 Å². The molecule has 0 aliphatic heterocycles. The molecule has 1 aromatic carbocycles. The van der Waals surface area contributed by atoms with E-state index in [4.69, 9.17) is 9.47 Å². The summed E-state index contributed by atoms with van der Waals surface area (Å²) in [4.78, 5) is 16.5. The number of aromatic hydroxyl groups is 1. The number of aryl methyl sites for hydroxylation is 1. The lowest BCUT2D eigenvalue weighted by atomic mass is 10.1. The van der Waals surface area contributed by atoms with Gasteiger partial charge in [0.2, 0.25) is 0 Å². The Morgan fingerprint density at radius 1 is 1.23 bits per heavy atom. The maximum atomic E-state index is 12.3. The van der Waals surface area contributed by atoms with E-state index in [9.17, 15) is 9.90 Å². The van der Waals surface area contributed by atoms with E-state index in [1.54, 1.807) is 18.3 Å². The molecule has 1 aromatic heterocycles. The van der Waals surface area contributed by atoms with Gasteiger partial charge in [-0.1, -0.05) is 6.07 Å². The zero-order valence-electron chi connectivity index (χ0n) is 12.7. The van der Waals surface area contributed by atoms with E-state index < -0.39 is 0 Å². The minimum Gasteiger partial charge on any atom is -0.507 e. The number of ketones is 1. The number of phenolic OH excluding ortho intramolecular Hbond substituents is 1. The van der Waals surface area contributed by atoms with Gasteiger partial charge in [0.15, 0.2) is 5.78 Å². The van der Waals surface area contributed by atoms with Crippen LogP contribution in [0.1, 0.15) is 21.6 Å². The van der Waals surface area contributed by atoms with Crippen molar-refractivity contribution in [3.63, 3.8) is 0 Å². The summed E-state index contributed by atoms with van der Waals surface area (Å²) < 4.78 is 10.2. The highest BCUT2D eigenvalue weighted by atomic mass is 16.5. The lowest BCUT2D eigenvalue weighted by Crippen LogP contribution is -2.00. The summed E-state index contributed by atoms with van der Waals surface area (Å²) in [6.45, 7) is 1.94. The Hall–Kier alpha value is -2.82. The molecule has 0 atom stereocenters. The van der Waals surface area contributed by atoms with Crippen LogP contribution in [-0.4, -0.2) is 30.1 Å². The lowest BCUT2D eigenvalue weighted by Gasteiger charge is -2.10. The number of ether oxygens (including phenoxy) is 2. The van der Waals surface area contributed by atoms with Gasteiger partial charge in [-0.3, -0.25) is 9.78 Å². The maximum Gasteiger partial charge on any atom is 0.193 e. The molecule has 0 saturated heterocycles. The molecule has 0 spiro atoms. The molecule has 0 radical (unpaired) electrons. The third-order valence-electron chi connectivity index (χ3n) is 3.10. The molecule has 1 heterocycles. The van der Waals surface area contributed by atoms with Crippen LogP contribution >= 0.6 is 0 Å². The largest absolute Gasteiger partial charge is 0.507 e. The molecule has 2 aromatic rings. The summed E-state index contributed by atoms with van der Waals surface area (Å²) >= 11 is 0. The van der Waals surface area contributed by atoms with Gasteiger partial charge in [0.05, 0.1) is 19.9 Å². The van der Waals surface area contributed by atoms with Crippen LogP contribution in [0.2, 0.25) is 0 Å². The molecular formula is C17H17NO4. The topological polar surface area (TPSA) is 68.7 Å². The molecule has 0 amide bonds. The number of allylic oxidation sites excluding steroid dienone is 1. The first-order valence-electron chi connectivity index (χ1n) is 6.65. The number of hydrogen-bond donors (Lipinski definition) is 1. The van der Waals surface area contributed by atoms with E-state index in [1.165, 1.54) is 26.4 Å². The number of carbonyl (C=O) groups is 1. The summed E-state index contributed by atoms with van der Waals surface area (Å²) in [6.07, 6.45) is 4.65. The first-order chi connectivity index (χ1) is 10.5. The van der Waals surface area contributed by atoms with Gasteiger partial charge in [0.25, 0.3) is 0 Å². The van der Waals surface area contributed by atoms with Gasteiger partial charge >= 0.3 is 0 Å². The van der Waals surface area contributed by atoms with Gasteiger partial charge in [-0.05, 0) is 30.7 Å². The zero-order chi connectivity index (χ0) is 16.1. The number of methoxy groups -OCH3 is 2. The van der Waals surface area contributed by atoms with Gasteiger partial charge in [-0.2, -0.15) is 0 Å². The molecule has 0 saturated carbocycles. The summed E-state index contributed by atoms with van der Waals surface area (Å²) in [5, 5.41) is 10.0. The Kier molecular flexibility index (Phi) is 4.78. The van der Waals surface area contributed by atoms with Crippen molar-refractivity contribution in [3.05, 3.63) is 53.4 Å². The van der Waals surface area contributed by atoms with E-state index in [0.717, 1.165) is 5.56 Å². The molecule has 22 heavy (non-hydrogen) atoms. The second kappa shape index (κ2) is 6.76. The molecular weight excluding hydrogens is 282 g/mol. The fourth-order valence-electron chi connectivity index (χ4n) is 1.92. The van der Waals surface area contributed by atoms with Crippen LogP contribution in [-0.2, 0) is 0 Å². The summed E-state index contributed by atoms with van der Waals surface area (Å²) in [5.41, 5.74) is 1.79. The number of aromatic nitrogens is 1. The molecule has 0 aliphatic rings. The lowest BCUT2D eigenvalue weighted by molar-refractivity contribution is 0.104. The average molecular weight is 299 g/mol. The number of nitrogens with zero attached hydrogens (tertiary/aromatic N) is 1. The quantitative estimate of drug-likeness (QED) is 0.679. The van der Waals surface area contributed by atoms with Gasteiger partial charge in [-0.15, -0.1) is 0 Å². The molecule has 2 rings (SSSR count). The predicted molar refractivity (Wildman–Crippen MR) is 83.5 cm³/mol. The van der Waals surface area contributed by atoms with Crippen molar-refractivity contribution >= 4 is 11.9 Å². The predicted octanol–water partition coefficient (Wildman–Crippen LogP) is 3.01. The molecule has 1 N–H and O–H groups in total. The third-order valence-corrected chi connectivity index (χ3v) is 3.10. The molecule has 0 bridgehead atoms. The van der Waals surface area contributed by atoms with Crippen LogP contribution in [0.4, 0.5) is 0 Å². The Bertz CT molecular complexity index is 705. The van der Waals surface area contributed by atoms with Crippen LogP contribution in [0.15, 0.2) is 36.5 Å². The highest BCUT2D eigenvalue weighted by Crippen LogP contribution is 2.33. The number of pyridine rings is 1. The van der Waals surface area contributed by atoms with Crippen molar-refractivity contribution in [3.8, 4) is 17.2 Å². The molecule has 5 nitrogen and oxygen atoms in total. The van der Waals surface area contributed by atoms with Crippen molar-refractivity contribution in [2.24, 2.45) is 0 Å². The van der Waals surface area contributed by atoms with Crippen LogP contribution in [0.3, 0.4) is 0 Å². The van der Waals surface area contributed by atoms with E-state index in [1.807, 2.05) is 19.1 Å². The van der Waals surface area contributed by atoms with Gasteiger partial charge in [0.1, 0.15) is 22.8 Å². The highest BCUT2D eigenvalue weighted by Gasteiger charge is 2.17. The third kappa shape index (κ3) is 3.44. The molecule has 114 valence electrons. The van der Waals surface area contributed by atoms with Crippen molar-refractivity contribution in [1.29, 1.82) is 0 Å². The first kappa shape index (κ1) is 15.6. The van der Waals surface area contributed by atoms with Crippen LogP contribution in [0.5, 0.6) is 17.2 Å². The van der Waals surface area contributed by atoms with Crippen LogP contribution in [0, 0.1) is 6.92 Å². The number of hydrogen-bond acceptors (Lipinski definition) is 5. The van der Waals surface area contributed by atoms with Gasteiger partial charge in [0, 0.05) is 18.3 Å². The Morgan fingerprint density at radius 3 is 2.59 bits per heavy atom. The highest BCUT2D eigenvalue weighted by molar-refractivity contribution is 6.10. The average Bonchev–Trinajstić information content (AvgIpc) is 2.53.